The van der Waals surface area contributed by atoms with Crippen molar-refractivity contribution in [1.29, 1.82) is 5.26 Å². The molecule has 0 unspecified atom stereocenters. The topological polar surface area (TPSA) is 82.9 Å². The van der Waals surface area contributed by atoms with Gasteiger partial charge in [0.15, 0.2) is 0 Å². The molecule has 0 saturated carbocycles. The van der Waals surface area contributed by atoms with Gasteiger partial charge < -0.3 is 15.4 Å². The van der Waals surface area contributed by atoms with Crippen LogP contribution in [0.25, 0.3) is 11.3 Å². The summed E-state index contributed by atoms with van der Waals surface area (Å²) in [7, 11) is 1.63. The maximum atomic E-state index is 9.15. The second-order valence-electron chi connectivity index (χ2n) is 6.47. The third-order valence-electron chi connectivity index (χ3n) is 4.41. The second kappa shape index (κ2) is 8.76. The van der Waals surface area contributed by atoms with Crippen LogP contribution in [-0.2, 0) is 0 Å². The summed E-state index contributed by atoms with van der Waals surface area (Å²) >= 11 is 0. The Labute approximate surface area is 174 Å². The molecule has 0 aliphatic carbocycles. The molecular formula is C24H19N5O. The number of hydrogen-bond acceptors (Lipinski definition) is 6. The van der Waals surface area contributed by atoms with Crippen LogP contribution in [0.1, 0.15) is 5.56 Å². The van der Waals surface area contributed by atoms with E-state index in [-0.39, 0.29) is 0 Å². The number of rotatable bonds is 6. The quantitative estimate of drug-likeness (QED) is 0.449. The van der Waals surface area contributed by atoms with Crippen molar-refractivity contribution >= 4 is 23.1 Å². The number of nitriles is 1. The Hall–Kier alpha value is -4.37. The van der Waals surface area contributed by atoms with Gasteiger partial charge in [-0.15, -0.1) is 0 Å². The molecule has 0 saturated heterocycles. The number of nitrogens with one attached hydrogen (secondary N) is 2. The van der Waals surface area contributed by atoms with Crippen molar-refractivity contribution in [2.24, 2.45) is 0 Å². The summed E-state index contributed by atoms with van der Waals surface area (Å²) in [6.07, 6.45) is 0. The van der Waals surface area contributed by atoms with Crippen molar-refractivity contribution < 1.29 is 4.74 Å². The highest BCUT2D eigenvalue weighted by molar-refractivity contribution is 5.71. The lowest BCUT2D eigenvalue weighted by molar-refractivity contribution is 0.417. The van der Waals surface area contributed by atoms with Crippen LogP contribution in [0.4, 0.5) is 23.1 Å². The maximum absolute atomic E-state index is 9.15. The third-order valence-corrected chi connectivity index (χ3v) is 4.41. The number of para-hydroxylation sites is 2. The number of nitrogens with zero attached hydrogens (tertiary/aromatic N) is 3. The molecule has 30 heavy (non-hydrogen) atoms. The lowest BCUT2D eigenvalue weighted by Gasteiger charge is -2.13. The summed E-state index contributed by atoms with van der Waals surface area (Å²) in [5.41, 5.74) is 3.84. The normalized spacial score (nSPS) is 10.1. The first kappa shape index (κ1) is 19.0. The van der Waals surface area contributed by atoms with Crippen molar-refractivity contribution in [3.8, 4) is 23.1 Å². The van der Waals surface area contributed by atoms with Gasteiger partial charge in [-0.25, -0.2) is 4.98 Å². The second-order valence-corrected chi connectivity index (χ2v) is 6.47. The molecule has 0 amide bonds. The molecule has 0 aliphatic rings. The highest BCUT2D eigenvalue weighted by Gasteiger charge is 2.10. The van der Waals surface area contributed by atoms with E-state index in [0.717, 1.165) is 22.6 Å². The van der Waals surface area contributed by atoms with Crippen LogP contribution < -0.4 is 15.4 Å². The van der Waals surface area contributed by atoms with Crippen molar-refractivity contribution in [1.82, 2.24) is 9.97 Å². The Balaban J connectivity index is 1.74. The van der Waals surface area contributed by atoms with E-state index in [0.29, 0.717) is 23.1 Å². The van der Waals surface area contributed by atoms with E-state index >= 15 is 0 Å². The molecule has 1 aromatic heterocycles. The molecule has 1 heterocycles. The Morgan fingerprint density at radius 2 is 1.63 bits per heavy atom. The summed E-state index contributed by atoms with van der Waals surface area (Å²) in [6.45, 7) is 0. The van der Waals surface area contributed by atoms with Gasteiger partial charge in [0, 0.05) is 17.3 Å². The molecule has 3 aromatic carbocycles. The highest BCUT2D eigenvalue weighted by Crippen LogP contribution is 2.29. The van der Waals surface area contributed by atoms with Gasteiger partial charge in [-0.2, -0.15) is 10.2 Å². The van der Waals surface area contributed by atoms with Crippen LogP contribution in [-0.4, -0.2) is 17.1 Å². The van der Waals surface area contributed by atoms with E-state index in [1.807, 2.05) is 72.8 Å². The van der Waals surface area contributed by atoms with Gasteiger partial charge in [-0.3, -0.25) is 0 Å². The summed E-state index contributed by atoms with van der Waals surface area (Å²) in [5, 5.41) is 15.7. The monoisotopic (exact) mass is 393 g/mol. The Morgan fingerprint density at radius 3 is 2.43 bits per heavy atom. The van der Waals surface area contributed by atoms with Crippen molar-refractivity contribution in [3.05, 3.63) is 90.5 Å². The molecule has 0 radical (unpaired) electrons. The average molecular weight is 393 g/mol. The molecule has 0 fully saturated rings. The van der Waals surface area contributed by atoms with Crippen molar-refractivity contribution in [3.63, 3.8) is 0 Å². The van der Waals surface area contributed by atoms with E-state index in [4.69, 9.17) is 10.00 Å². The Bertz CT molecular complexity index is 1200. The minimum absolute atomic E-state index is 0.420. The molecule has 0 atom stereocenters. The highest BCUT2D eigenvalue weighted by atomic mass is 16.5. The molecule has 0 aliphatic heterocycles. The molecule has 6 heteroatoms. The van der Waals surface area contributed by atoms with E-state index in [1.165, 1.54) is 0 Å². The standard InChI is InChI=1S/C24H19N5O/c1-30-22-13-6-5-12-20(22)27-23-15-21(18-9-3-2-4-10-18)28-24(29-23)26-19-11-7-8-17(14-19)16-25/h2-15H,1H3,(H2,26,27,28,29). The number of aromatic nitrogens is 2. The number of ether oxygens (including phenoxy) is 1. The zero-order chi connectivity index (χ0) is 20.8. The fourth-order valence-corrected chi connectivity index (χ4v) is 3.01. The number of anilines is 4. The molecule has 0 bridgehead atoms. The van der Waals surface area contributed by atoms with Crippen LogP contribution in [0, 0.1) is 11.3 Å². The van der Waals surface area contributed by atoms with E-state index in [1.54, 1.807) is 19.2 Å². The molecule has 4 rings (SSSR count). The van der Waals surface area contributed by atoms with Crippen LogP contribution in [0.3, 0.4) is 0 Å². The van der Waals surface area contributed by atoms with E-state index in [2.05, 4.69) is 26.7 Å². The van der Waals surface area contributed by atoms with Gasteiger partial charge in [0.25, 0.3) is 0 Å². The summed E-state index contributed by atoms with van der Waals surface area (Å²) < 4.78 is 5.43. The molecule has 2 N–H and O–H groups in total. The minimum atomic E-state index is 0.420. The SMILES string of the molecule is COc1ccccc1Nc1cc(-c2ccccc2)nc(Nc2cccc(C#N)c2)n1. The number of methoxy groups -OCH3 is 1. The van der Waals surface area contributed by atoms with Crippen LogP contribution >= 0.6 is 0 Å². The zero-order valence-electron chi connectivity index (χ0n) is 16.3. The number of hydrogen-bond donors (Lipinski definition) is 2. The lowest BCUT2D eigenvalue weighted by Crippen LogP contribution is -2.03. The average Bonchev–Trinajstić information content (AvgIpc) is 2.80. The molecule has 4 aromatic rings. The first-order chi connectivity index (χ1) is 14.7. The molecular weight excluding hydrogens is 374 g/mol. The predicted octanol–water partition coefficient (Wildman–Crippen LogP) is 5.51. The smallest absolute Gasteiger partial charge is 0.229 e. The Morgan fingerprint density at radius 1 is 0.833 bits per heavy atom. The summed E-state index contributed by atoms with van der Waals surface area (Å²) in [4.78, 5) is 9.27. The maximum Gasteiger partial charge on any atom is 0.229 e. The molecule has 0 spiro atoms. The van der Waals surface area contributed by atoms with Crippen LogP contribution in [0.2, 0.25) is 0 Å². The number of benzene rings is 3. The van der Waals surface area contributed by atoms with E-state index in [9.17, 15) is 0 Å². The van der Waals surface area contributed by atoms with Crippen molar-refractivity contribution in [2.45, 2.75) is 0 Å². The van der Waals surface area contributed by atoms with Gasteiger partial charge >= 0.3 is 0 Å². The fourth-order valence-electron chi connectivity index (χ4n) is 3.01. The first-order valence-corrected chi connectivity index (χ1v) is 9.37. The zero-order valence-corrected chi connectivity index (χ0v) is 16.3. The predicted molar refractivity (Wildman–Crippen MR) is 118 cm³/mol. The fraction of sp³-hybridized carbons (Fsp3) is 0.0417. The molecule has 146 valence electrons. The van der Waals surface area contributed by atoms with Gasteiger partial charge in [-0.1, -0.05) is 48.5 Å². The van der Waals surface area contributed by atoms with Crippen LogP contribution in [0.15, 0.2) is 84.9 Å². The Kier molecular flexibility index (Phi) is 5.54. The van der Waals surface area contributed by atoms with Gasteiger partial charge in [-0.05, 0) is 30.3 Å². The minimum Gasteiger partial charge on any atom is -0.495 e. The largest absolute Gasteiger partial charge is 0.495 e. The third kappa shape index (κ3) is 4.37. The molecule has 6 nitrogen and oxygen atoms in total. The lowest BCUT2D eigenvalue weighted by atomic mass is 10.1. The summed E-state index contributed by atoms with van der Waals surface area (Å²) in [6, 6.07) is 28.7. The van der Waals surface area contributed by atoms with E-state index < -0.39 is 0 Å². The summed E-state index contributed by atoms with van der Waals surface area (Å²) in [5.74, 6) is 1.75. The van der Waals surface area contributed by atoms with Gasteiger partial charge in [0.05, 0.1) is 30.1 Å². The van der Waals surface area contributed by atoms with Gasteiger partial charge in [0.1, 0.15) is 11.6 Å². The van der Waals surface area contributed by atoms with Crippen LogP contribution in [0.5, 0.6) is 5.75 Å². The van der Waals surface area contributed by atoms with Crippen molar-refractivity contribution in [2.75, 3.05) is 17.7 Å². The first-order valence-electron chi connectivity index (χ1n) is 9.37. The van der Waals surface area contributed by atoms with Gasteiger partial charge in [0.2, 0.25) is 5.95 Å².